The number of likely N-dealkylation sites (tertiary alicyclic amines) is 1. The summed E-state index contributed by atoms with van der Waals surface area (Å²) in [6.07, 6.45) is 10.2. The maximum absolute atomic E-state index is 12.0. The van der Waals surface area contributed by atoms with E-state index in [1.807, 2.05) is 0 Å². The summed E-state index contributed by atoms with van der Waals surface area (Å²) in [7, 11) is 0. The summed E-state index contributed by atoms with van der Waals surface area (Å²) in [4.78, 5) is 14.4. The summed E-state index contributed by atoms with van der Waals surface area (Å²) < 4.78 is 0. The molecule has 1 rings (SSSR count). The normalized spacial score (nSPS) is 20.0. The Bertz CT molecular complexity index is 258. The Morgan fingerprint density at radius 1 is 1.25 bits per heavy atom. The van der Waals surface area contributed by atoms with Crippen molar-refractivity contribution in [3.63, 3.8) is 0 Å². The molecule has 0 bridgehead atoms. The van der Waals surface area contributed by atoms with Crippen molar-refractivity contribution in [3.8, 4) is 0 Å². The third-order valence-electron chi connectivity index (χ3n) is 4.15. The zero-order chi connectivity index (χ0) is 14.6. The monoisotopic (exact) mass is 283 g/mol. The van der Waals surface area contributed by atoms with Crippen LogP contribution in [0.4, 0.5) is 0 Å². The van der Waals surface area contributed by atoms with Gasteiger partial charge >= 0.3 is 0 Å². The minimum Gasteiger partial charge on any atom is -0.355 e. The molecule has 1 heterocycles. The maximum atomic E-state index is 12.0. The summed E-state index contributed by atoms with van der Waals surface area (Å²) >= 11 is 0. The van der Waals surface area contributed by atoms with E-state index in [1.165, 1.54) is 38.5 Å². The van der Waals surface area contributed by atoms with Crippen molar-refractivity contribution < 1.29 is 4.79 Å². The van der Waals surface area contributed by atoms with Gasteiger partial charge < -0.3 is 16.0 Å². The fourth-order valence-electron chi connectivity index (χ4n) is 2.93. The number of hydrogen-bond donors (Lipinski definition) is 2. The Balaban J connectivity index is 2.12. The van der Waals surface area contributed by atoms with Gasteiger partial charge in [0.15, 0.2) is 0 Å². The average Bonchev–Trinajstić information content (AvgIpc) is 2.48. The van der Waals surface area contributed by atoms with Gasteiger partial charge in [-0.15, -0.1) is 0 Å². The maximum Gasteiger partial charge on any atom is 0.224 e. The van der Waals surface area contributed by atoms with Crippen LogP contribution >= 0.6 is 0 Å². The highest BCUT2D eigenvalue weighted by atomic mass is 16.1. The van der Waals surface area contributed by atoms with Gasteiger partial charge in [-0.3, -0.25) is 4.79 Å². The first-order valence-corrected chi connectivity index (χ1v) is 8.48. The van der Waals surface area contributed by atoms with Gasteiger partial charge in [0, 0.05) is 19.6 Å². The SMILES string of the molecule is CCCCCCCCN1CCCC(C(=O)NCCN)C1. The molecule has 1 aliphatic rings. The molecule has 1 atom stereocenters. The number of hydrogen-bond acceptors (Lipinski definition) is 3. The summed E-state index contributed by atoms with van der Waals surface area (Å²) in [5, 5.41) is 2.92. The van der Waals surface area contributed by atoms with Crippen LogP contribution in [-0.2, 0) is 4.79 Å². The Morgan fingerprint density at radius 2 is 2.00 bits per heavy atom. The molecule has 1 fully saturated rings. The van der Waals surface area contributed by atoms with Crippen LogP contribution in [0.15, 0.2) is 0 Å². The van der Waals surface area contributed by atoms with E-state index < -0.39 is 0 Å². The molecule has 0 aromatic rings. The molecular formula is C16H33N3O. The number of nitrogens with zero attached hydrogens (tertiary/aromatic N) is 1. The van der Waals surface area contributed by atoms with Crippen molar-refractivity contribution in [2.45, 2.75) is 58.3 Å². The third kappa shape index (κ3) is 7.25. The molecule has 0 aromatic heterocycles. The molecule has 1 saturated heterocycles. The first-order valence-electron chi connectivity index (χ1n) is 8.48. The summed E-state index contributed by atoms with van der Waals surface area (Å²) in [6.45, 7) is 6.64. The summed E-state index contributed by atoms with van der Waals surface area (Å²) in [5.74, 6) is 0.374. The van der Waals surface area contributed by atoms with Crippen LogP contribution in [0.5, 0.6) is 0 Å². The molecule has 3 N–H and O–H groups in total. The Morgan fingerprint density at radius 3 is 2.75 bits per heavy atom. The largest absolute Gasteiger partial charge is 0.355 e. The second kappa shape index (κ2) is 11.1. The second-order valence-corrected chi connectivity index (χ2v) is 5.99. The van der Waals surface area contributed by atoms with Crippen molar-refractivity contribution >= 4 is 5.91 Å². The predicted molar refractivity (Wildman–Crippen MR) is 84.6 cm³/mol. The molecule has 0 aliphatic carbocycles. The van der Waals surface area contributed by atoms with E-state index in [1.54, 1.807) is 0 Å². The number of piperidine rings is 1. The van der Waals surface area contributed by atoms with Crippen molar-refractivity contribution in [1.29, 1.82) is 0 Å². The van der Waals surface area contributed by atoms with Crippen molar-refractivity contribution in [2.75, 3.05) is 32.7 Å². The fraction of sp³-hybridized carbons (Fsp3) is 0.938. The Hall–Kier alpha value is -0.610. The summed E-state index contributed by atoms with van der Waals surface area (Å²) in [5.41, 5.74) is 5.42. The third-order valence-corrected chi connectivity index (χ3v) is 4.15. The standard InChI is InChI=1S/C16H33N3O/c1-2-3-4-5-6-7-12-19-13-8-9-15(14-19)16(20)18-11-10-17/h15H,2-14,17H2,1H3,(H,18,20). The lowest BCUT2D eigenvalue weighted by Gasteiger charge is -2.32. The lowest BCUT2D eigenvalue weighted by atomic mass is 9.97. The zero-order valence-corrected chi connectivity index (χ0v) is 13.2. The number of carbonyl (C=O) groups is 1. The molecule has 0 spiro atoms. The second-order valence-electron chi connectivity index (χ2n) is 5.99. The lowest BCUT2D eigenvalue weighted by molar-refractivity contribution is -0.126. The Labute approximate surface area is 124 Å². The van der Waals surface area contributed by atoms with Gasteiger partial charge in [0.2, 0.25) is 5.91 Å². The molecule has 1 aliphatic heterocycles. The molecule has 4 nitrogen and oxygen atoms in total. The van der Waals surface area contributed by atoms with Crippen molar-refractivity contribution in [3.05, 3.63) is 0 Å². The minimum absolute atomic E-state index is 0.176. The molecule has 1 unspecified atom stereocenters. The minimum atomic E-state index is 0.176. The number of carbonyl (C=O) groups excluding carboxylic acids is 1. The predicted octanol–water partition coefficient (Wildman–Crippen LogP) is 2.13. The van der Waals surface area contributed by atoms with Gasteiger partial charge in [0.25, 0.3) is 0 Å². The average molecular weight is 283 g/mol. The van der Waals surface area contributed by atoms with Crippen LogP contribution in [0.3, 0.4) is 0 Å². The van der Waals surface area contributed by atoms with Crippen molar-refractivity contribution in [2.24, 2.45) is 11.7 Å². The van der Waals surface area contributed by atoms with Crippen LogP contribution in [0.1, 0.15) is 58.3 Å². The molecule has 1 amide bonds. The van der Waals surface area contributed by atoms with E-state index >= 15 is 0 Å². The highest BCUT2D eigenvalue weighted by Gasteiger charge is 2.24. The summed E-state index contributed by atoms with van der Waals surface area (Å²) in [6, 6.07) is 0. The smallest absolute Gasteiger partial charge is 0.224 e. The van der Waals surface area contributed by atoms with Gasteiger partial charge in [-0.1, -0.05) is 39.0 Å². The molecule has 118 valence electrons. The fourth-order valence-corrected chi connectivity index (χ4v) is 2.93. The lowest BCUT2D eigenvalue weighted by Crippen LogP contribution is -2.44. The van der Waals surface area contributed by atoms with E-state index in [9.17, 15) is 4.79 Å². The van der Waals surface area contributed by atoms with Gasteiger partial charge in [-0.2, -0.15) is 0 Å². The topological polar surface area (TPSA) is 58.4 Å². The first-order chi connectivity index (χ1) is 9.77. The molecular weight excluding hydrogens is 250 g/mol. The zero-order valence-electron chi connectivity index (χ0n) is 13.2. The van der Waals surface area contributed by atoms with Crippen LogP contribution in [0.25, 0.3) is 0 Å². The van der Waals surface area contributed by atoms with Gasteiger partial charge in [0.1, 0.15) is 0 Å². The van der Waals surface area contributed by atoms with E-state index in [0.717, 1.165) is 32.5 Å². The van der Waals surface area contributed by atoms with E-state index in [2.05, 4.69) is 17.1 Å². The number of unbranched alkanes of at least 4 members (excludes halogenated alkanes) is 5. The van der Waals surface area contributed by atoms with Gasteiger partial charge in [-0.05, 0) is 32.4 Å². The first kappa shape index (κ1) is 17.4. The van der Waals surface area contributed by atoms with E-state index in [0.29, 0.717) is 13.1 Å². The molecule has 0 saturated carbocycles. The van der Waals surface area contributed by atoms with E-state index in [-0.39, 0.29) is 11.8 Å². The van der Waals surface area contributed by atoms with Gasteiger partial charge in [0.05, 0.1) is 5.92 Å². The molecule has 0 radical (unpaired) electrons. The quantitative estimate of drug-likeness (QED) is 0.604. The van der Waals surface area contributed by atoms with E-state index in [4.69, 9.17) is 5.73 Å². The van der Waals surface area contributed by atoms with Crippen LogP contribution in [-0.4, -0.2) is 43.5 Å². The number of nitrogens with one attached hydrogen (secondary N) is 1. The van der Waals surface area contributed by atoms with Crippen LogP contribution in [0.2, 0.25) is 0 Å². The highest BCUT2D eigenvalue weighted by Crippen LogP contribution is 2.17. The number of amides is 1. The molecule has 20 heavy (non-hydrogen) atoms. The van der Waals surface area contributed by atoms with Gasteiger partial charge in [-0.25, -0.2) is 0 Å². The number of nitrogens with two attached hydrogens (primary N) is 1. The molecule has 0 aromatic carbocycles. The molecule has 4 heteroatoms. The van der Waals surface area contributed by atoms with Crippen molar-refractivity contribution in [1.82, 2.24) is 10.2 Å². The highest BCUT2D eigenvalue weighted by molar-refractivity contribution is 5.78. The van der Waals surface area contributed by atoms with Crippen LogP contribution < -0.4 is 11.1 Å². The van der Waals surface area contributed by atoms with Crippen LogP contribution in [0, 0.1) is 5.92 Å². The number of rotatable bonds is 10. The Kier molecular flexibility index (Phi) is 9.67.